The van der Waals surface area contributed by atoms with Crippen LogP contribution in [0, 0.1) is 21.3 Å². The van der Waals surface area contributed by atoms with Gasteiger partial charge in [0.1, 0.15) is 0 Å². The fraction of sp³-hybridized carbons (Fsp3) is 0.467. The molecule has 1 aromatic rings. The van der Waals surface area contributed by atoms with E-state index in [4.69, 9.17) is 11.6 Å². The molecule has 21 heavy (non-hydrogen) atoms. The Bertz CT molecular complexity index is 607. The second kappa shape index (κ2) is 5.76. The Morgan fingerprint density at radius 1 is 1.29 bits per heavy atom. The van der Waals surface area contributed by atoms with Crippen molar-refractivity contribution in [1.29, 1.82) is 0 Å². The van der Waals surface area contributed by atoms with Gasteiger partial charge in [-0.25, -0.2) is 0 Å². The van der Waals surface area contributed by atoms with Gasteiger partial charge in [0.05, 0.1) is 11.5 Å². The number of benzene rings is 1. The van der Waals surface area contributed by atoms with Crippen molar-refractivity contribution in [3.63, 3.8) is 0 Å². The van der Waals surface area contributed by atoms with E-state index in [9.17, 15) is 14.7 Å². The van der Waals surface area contributed by atoms with E-state index >= 15 is 0 Å². The number of halogens is 2. The van der Waals surface area contributed by atoms with Gasteiger partial charge in [-0.15, -0.1) is 0 Å². The van der Waals surface area contributed by atoms with E-state index in [2.05, 4.69) is 27.9 Å². The van der Waals surface area contributed by atoms with Crippen LogP contribution in [0.3, 0.4) is 0 Å². The summed E-state index contributed by atoms with van der Waals surface area (Å²) in [6.45, 7) is 0. The van der Waals surface area contributed by atoms with Gasteiger partial charge in [-0.3, -0.25) is 9.59 Å². The Hall–Kier alpha value is -0.820. The van der Waals surface area contributed by atoms with E-state index in [1.165, 1.54) is 0 Å². The number of carbonyl (C=O) groups is 2. The maximum Gasteiger partial charge on any atom is 0.308 e. The minimum Gasteiger partial charge on any atom is -0.481 e. The number of fused-ring (bicyclic) bond motifs is 2. The zero-order chi connectivity index (χ0) is 15.1. The molecule has 0 spiro atoms. The third-order valence-electron chi connectivity index (χ3n) is 4.67. The maximum atomic E-state index is 12.5. The van der Waals surface area contributed by atoms with E-state index < -0.39 is 11.9 Å². The summed E-state index contributed by atoms with van der Waals surface area (Å²) in [6.07, 6.45) is 2.88. The van der Waals surface area contributed by atoms with E-state index in [0.717, 1.165) is 22.8 Å². The fourth-order valence-electron chi connectivity index (χ4n) is 3.75. The average molecular weight is 420 g/mol. The molecular weight excluding hydrogens is 405 g/mol. The number of aliphatic carboxylic acids is 1. The van der Waals surface area contributed by atoms with Crippen molar-refractivity contribution in [1.82, 2.24) is 5.32 Å². The number of amides is 1. The summed E-state index contributed by atoms with van der Waals surface area (Å²) in [4.78, 5) is 23.9. The highest BCUT2D eigenvalue weighted by atomic mass is 127. The number of hydrogen-bond acceptors (Lipinski definition) is 2. The molecule has 2 N–H and O–H groups in total. The number of carbonyl (C=O) groups excluding carboxylic acids is 1. The summed E-state index contributed by atoms with van der Waals surface area (Å²) in [6, 6.07) is 4.88. The number of hydrogen-bond donors (Lipinski definition) is 2. The number of rotatable bonds is 3. The standard InChI is InChI=1S/C15H15ClINO3/c16-9-3-4-11(17)10(6-9)14(19)18-13-8-2-1-7(5-8)12(13)15(20)21/h3-4,6-8,12-13H,1-2,5H2,(H,18,19)(H,20,21). The zero-order valence-electron chi connectivity index (χ0n) is 11.2. The van der Waals surface area contributed by atoms with Crippen LogP contribution < -0.4 is 5.32 Å². The Balaban J connectivity index is 1.81. The smallest absolute Gasteiger partial charge is 0.308 e. The monoisotopic (exact) mass is 419 g/mol. The molecule has 0 aromatic heterocycles. The first kappa shape index (κ1) is 15.1. The van der Waals surface area contributed by atoms with Crippen molar-refractivity contribution in [2.45, 2.75) is 25.3 Å². The van der Waals surface area contributed by atoms with Crippen LogP contribution in [0.1, 0.15) is 29.6 Å². The molecule has 2 aliphatic rings. The van der Waals surface area contributed by atoms with Crippen LogP contribution in [0.25, 0.3) is 0 Å². The summed E-state index contributed by atoms with van der Waals surface area (Å²) >= 11 is 8.03. The van der Waals surface area contributed by atoms with Crippen LogP contribution in [-0.2, 0) is 4.79 Å². The Labute approximate surface area is 141 Å². The lowest BCUT2D eigenvalue weighted by Crippen LogP contribution is -2.47. The van der Waals surface area contributed by atoms with E-state index in [0.29, 0.717) is 10.6 Å². The number of nitrogens with one attached hydrogen (secondary N) is 1. The molecule has 2 fully saturated rings. The minimum absolute atomic E-state index is 0.205. The molecule has 0 heterocycles. The van der Waals surface area contributed by atoms with Gasteiger partial charge in [0, 0.05) is 14.6 Å². The highest BCUT2D eigenvalue weighted by Gasteiger charge is 2.51. The van der Waals surface area contributed by atoms with Crippen LogP contribution in [0.2, 0.25) is 5.02 Å². The van der Waals surface area contributed by atoms with Crippen molar-refractivity contribution >= 4 is 46.1 Å². The molecule has 112 valence electrons. The third kappa shape index (κ3) is 2.77. The van der Waals surface area contributed by atoms with E-state index in [1.807, 2.05) is 0 Å². The van der Waals surface area contributed by atoms with Crippen molar-refractivity contribution in [3.05, 3.63) is 32.4 Å². The van der Waals surface area contributed by atoms with Crippen LogP contribution >= 0.6 is 34.2 Å². The first-order valence-electron chi connectivity index (χ1n) is 6.96. The molecule has 4 atom stereocenters. The molecule has 3 rings (SSSR count). The van der Waals surface area contributed by atoms with E-state index in [-0.39, 0.29) is 23.8 Å². The second-order valence-electron chi connectivity index (χ2n) is 5.82. The minimum atomic E-state index is -0.798. The molecule has 6 heteroatoms. The summed E-state index contributed by atoms with van der Waals surface area (Å²) in [7, 11) is 0. The normalized spacial score (nSPS) is 30.4. The predicted molar refractivity (Wildman–Crippen MR) is 87.4 cm³/mol. The van der Waals surface area contributed by atoms with Gasteiger partial charge in [0.2, 0.25) is 0 Å². The SMILES string of the molecule is O=C(NC1C2CCC(C2)C1C(=O)O)c1cc(Cl)ccc1I. The maximum absolute atomic E-state index is 12.5. The molecule has 4 unspecified atom stereocenters. The molecular formula is C15H15ClINO3. The molecule has 1 amide bonds. The van der Waals surface area contributed by atoms with Gasteiger partial charge in [0.15, 0.2) is 0 Å². The molecule has 2 aliphatic carbocycles. The highest BCUT2D eigenvalue weighted by Crippen LogP contribution is 2.48. The first-order chi connectivity index (χ1) is 9.97. The van der Waals surface area contributed by atoms with Crippen LogP contribution in [0.5, 0.6) is 0 Å². The lowest BCUT2D eigenvalue weighted by molar-refractivity contribution is -0.144. The fourth-order valence-corrected chi connectivity index (χ4v) is 4.51. The summed E-state index contributed by atoms with van der Waals surface area (Å²) < 4.78 is 0.810. The van der Waals surface area contributed by atoms with E-state index in [1.54, 1.807) is 18.2 Å². The Morgan fingerprint density at radius 3 is 2.71 bits per heavy atom. The average Bonchev–Trinajstić information content (AvgIpc) is 3.02. The quantitative estimate of drug-likeness (QED) is 0.740. The topological polar surface area (TPSA) is 66.4 Å². The molecule has 0 radical (unpaired) electrons. The van der Waals surface area contributed by atoms with Gasteiger partial charge in [-0.1, -0.05) is 11.6 Å². The first-order valence-corrected chi connectivity index (χ1v) is 8.41. The lowest BCUT2D eigenvalue weighted by atomic mass is 9.84. The molecule has 4 nitrogen and oxygen atoms in total. The summed E-state index contributed by atoms with van der Waals surface area (Å²) in [5, 5.41) is 12.9. The largest absolute Gasteiger partial charge is 0.481 e. The van der Waals surface area contributed by atoms with Crippen LogP contribution in [0.4, 0.5) is 0 Å². The Kier molecular flexibility index (Phi) is 4.14. The summed E-state index contributed by atoms with van der Waals surface area (Å²) in [5.74, 6) is -0.989. The Morgan fingerprint density at radius 2 is 2.00 bits per heavy atom. The molecule has 2 bridgehead atoms. The van der Waals surface area contributed by atoms with Crippen LogP contribution in [-0.4, -0.2) is 23.0 Å². The van der Waals surface area contributed by atoms with Crippen molar-refractivity contribution in [2.75, 3.05) is 0 Å². The molecule has 2 saturated carbocycles. The third-order valence-corrected chi connectivity index (χ3v) is 5.85. The second-order valence-corrected chi connectivity index (χ2v) is 7.42. The zero-order valence-corrected chi connectivity index (χ0v) is 14.1. The van der Waals surface area contributed by atoms with Gasteiger partial charge < -0.3 is 10.4 Å². The highest BCUT2D eigenvalue weighted by molar-refractivity contribution is 14.1. The van der Waals surface area contributed by atoms with Gasteiger partial charge in [-0.05, 0) is 71.9 Å². The van der Waals surface area contributed by atoms with Crippen molar-refractivity contribution in [3.8, 4) is 0 Å². The van der Waals surface area contributed by atoms with Crippen molar-refractivity contribution < 1.29 is 14.7 Å². The molecule has 1 aromatic carbocycles. The molecule has 0 aliphatic heterocycles. The summed E-state index contributed by atoms with van der Waals surface area (Å²) in [5.41, 5.74) is 0.509. The molecule has 0 saturated heterocycles. The van der Waals surface area contributed by atoms with Gasteiger partial charge >= 0.3 is 5.97 Å². The number of carboxylic acid groups (broad SMARTS) is 1. The van der Waals surface area contributed by atoms with Crippen LogP contribution in [0.15, 0.2) is 18.2 Å². The number of carboxylic acids is 1. The predicted octanol–water partition coefficient (Wildman–Crippen LogP) is 3.17. The van der Waals surface area contributed by atoms with Gasteiger partial charge in [-0.2, -0.15) is 0 Å². The van der Waals surface area contributed by atoms with Crippen molar-refractivity contribution in [2.24, 2.45) is 17.8 Å². The van der Waals surface area contributed by atoms with Gasteiger partial charge in [0.25, 0.3) is 5.91 Å². The lowest BCUT2D eigenvalue weighted by Gasteiger charge is -2.29.